The molecular formula is C22H26N2O3. The van der Waals surface area contributed by atoms with Crippen molar-refractivity contribution in [1.82, 2.24) is 0 Å². The molecule has 1 aliphatic heterocycles. The van der Waals surface area contributed by atoms with Crippen molar-refractivity contribution in [3.8, 4) is 11.5 Å². The number of nitrogens with one attached hydrogen (secondary N) is 2. The number of ether oxygens (including phenoxy) is 2. The predicted octanol–water partition coefficient (Wildman–Crippen LogP) is 4.87. The lowest BCUT2D eigenvalue weighted by molar-refractivity contribution is -0.116. The number of rotatable bonds is 4. The van der Waals surface area contributed by atoms with E-state index in [4.69, 9.17) is 9.47 Å². The summed E-state index contributed by atoms with van der Waals surface area (Å²) in [6, 6.07) is 13.2. The van der Waals surface area contributed by atoms with Crippen molar-refractivity contribution < 1.29 is 14.3 Å². The van der Waals surface area contributed by atoms with Gasteiger partial charge in [0.05, 0.1) is 0 Å². The Morgan fingerprint density at radius 1 is 1.00 bits per heavy atom. The van der Waals surface area contributed by atoms with Crippen LogP contribution in [0.25, 0.3) is 0 Å². The van der Waals surface area contributed by atoms with Gasteiger partial charge in [-0.05, 0) is 56.5 Å². The van der Waals surface area contributed by atoms with E-state index in [2.05, 4.69) is 10.6 Å². The summed E-state index contributed by atoms with van der Waals surface area (Å²) in [6.45, 7) is 3.85. The first-order valence-electron chi connectivity index (χ1n) is 9.69. The molecule has 1 atom stereocenters. The van der Waals surface area contributed by atoms with Gasteiger partial charge in [0.25, 0.3) is 5.79 Å². The van der Waals surface area contributed by atoms with E-state index in [0.29, 0.717) is 0 Å². The second kappa shape index (κ2) is 7.14. The van der Waals surface area contributed by atoms with Crippen molar-refractivity contribution in [2.24, 2.45) is 0 Å². The molecule has 1 fully saturated rings. The molecule has 142 valence electrons. The minimum atomic E-state index is -0.479. The van der Waals surface area contributed by atoms with E-state index < -0.39 is 5.79 Å². The van der Waals surface area contributed by atoms with Gasteiger partial charge in [-0.2, -0.15) is 0 Å². The smallest absolute Gasteiger partial charge is 0.251 e. The molecule has 0 bridgehead atoms. The van der Waals surface area contributed by atoms with Crippen molar-refractivity contribution in [2.45, 2.75) is 57.8 Å². The minimum absolute atomic E-state index is 0.0815. The number of carbonyl (C=O) groups is 1. The Morgan fingerprint density at radius 2 is 1.78 bits per heavy atom. The van der Waals surface area contributed by atoms with Crippen LogP contribution < -0.4 is 20.1 Å². The first-order valence-corrected chi connectivity index (χ1v) is 9.69. The predicted molar refractivity (Wildman–Crippen MR) is 106 cm³/mol. The topological polar surface area (TPSA) is 59.6 Å². The van der Waals surface area contributed by atoms with Crippen molar-refractivity contribution >= 4 is 17.3 Å². The molecule has 4 rings (SSSR count). The molecular weight excluding hydrogens is 340 g/mol. The Balaban J connectivity index is 1.40. The van der Waals surface area contributed by atoms with Gasteiger partial charge in [0.2, 0.25) is 5.91 Å². The maximum absolute atomic E-state index is 12.5. The zero-order chi connectivity index (χ0) is 18.9. The molecule has 1 aliphatic carbocycles. The average Bonchev–Trinajstić information content (AvgIpc) is 2.98. The maximum Gasteiger partial charge on any atom is 0.251 e. The first-order chi connectivity index (χ1) is 13.0. The van der Waals surface area contributed by atoms with Gasteiger partial charge in [-0.15, -0.1) is 0 Å². The van der Waals surface area contributed by atoms with E-state index in [1.165, 1.54) is 6.42 Å². The summed E-state index contributed by atoms with van der Waals surface area (Å²) in [6.07, 6.45) is 5.37. The van der Waals surface area contributed by atoms with Crippen LogP contribution >= 0.6 is 0 Å². The molecule has 0 aromatic heterocycles. The maximum atomic E-state index is 12.5. The van der Waals surface area contributed by atoms with Crippen LogP contribution in [0.1, 0.15) is 44.6 Å². The van der Waals surface area contributed by atoms with Crippen LogP contribution in [0.5, 0.6) is 11.5 Å². The van der Waals surface area contributed by atoms with Gasteiger partial charge in [-0.25, -0.2) is 0 Å². The van der Waals surface area contributed by atoms with E-state index >= 15 is 0 Å². The van der Waals surface area contributed by atoms with Crippen LogP contribution in [-0.2, 0) is 4.79 Å². The van der Waals surface area contributed by atoms with Crippen LogP contribution in [0.15, 0.2) is 42.5 Å². The highest BCUT2D eigenvalue weighted by Gasteiger charge is 2.42. The van der Waals surface area contributed by atoms with Crippen molar-refractivity contribution in [3.05, 3.63) is 48.0 Å². The van der Waals surface area contributed by atoms with Gasteiger partial charge in [0, 0.05) is 30.3 Å². The molecule has 5 heteroatoms. The van der Waals surface area contributed by atoms with Gasteiger partial charge in [-0.3, -0.25) is 4.79 Å². The highest BCUT2D eigenvalue weighted by molar-refractivity contribution is 5.96. The fourth-order valence-electron chi connectivity index (χ4n) is 3.77. The number of hydrogen-bond donors (Lipinski definition) is 2. The number of fused-ring (bicyclic) bond motifs is 1. The molecule has 2 N–H and O–H groups in total. The summed E-state index contributed by atoms with van der Waals surface area (Å²) in [5.74, 6) is 0.988. The van der Waals surface area contributed by atoms with Crippen LogP contribution in [-0.4, -0.2) is 17.7 Å². The molecule has 0 radical (unpaired) electrons. The number of carbonyl (C=O) groups excluding carboxylic acids is 1. The zero-order valence-corrected chi connectivity index (χ0v) is 15.9. The zero-order valence-electron chi connectivity index (χ0n) is 15.9. The third-order valence-corrected chi connectivity index (χ3v) is 5.21. The molecule has 2 aromatic carbocycles. The van der Waals surface area contributed by atoms with Gasteiger partial charge >= 0.3 is 0 Å². The monoisotopic (exact) mass is 366 g/mol. The van der Waals surface area contributed by atoms with Gasteiger partial charge in [0.15, 0.2) is 11.5 Å². The SMILES string of the molecule is Cc1cccc(NC(=O)C(C)Nc2ccc3c(c2)OC2(CCCCC2)O3)c1. The summed E-state index contributed by atoms with van der Waals surface area (Å²) in [4.78, 5) is 12.5. The van der Waals surface area contributed by atoms with Gasteiger partial charge in [-0.1, -0.05) is 18.6 Å². The van der Waals surface area contributed by atoms with Crippen LogP contribution in [0, 0.1) is 6.92 Å². The Labute approximate surface area is 160 Å². The molecule has 1 unspecified atom stereocenters. The molecule has 1 amide bonds. The third-order valence-electron chi connectivity index (χ3n) is 5.21. The summed E-state index contributed by atoms with van der Waals surface area (Å²) >= 11 is 0. The third kappa shape index (κ3) is 3.87. The Kier molecular flexibility index (Phi) is 4.68. The summed E-state index contributed by atoms with van der Waals surface area (Å²) in [5.41, 5.74) is 2.76. The molecule has 1 saturated carbocycles. The van der Waals surface area contributed by atoms with E-state index in [-0.39, 0.29) is 11.9 Å². The van der Waals surface area contributed by atoms with Crippen LogP contribution in [0.2, 0.25) is 0 Å². The molecule has 2 aromatic rings. The van der Waals surface area contributed by atoms with Crippen molar-refractivity contribution in [1.29, 1.82) is 0 Å². The largest absolute Gasteiger partial charge is 0.448 e. The fourth-order valence-corrected chi connectivity index (χ4v) is 3.77. The standard InChI is InChI=1S/C22H26N2O3/c1-15-7-6-8-17(13-15)24-21(25)16(2)23-18-9-10-19-20(14-18)27-22(26-19)11-4-3-5-12-22/h6-10,13-14,16,23H,3-5,11-12H2,1-2H3,(H,24,25). The molecule has 2 aliphatic rings. The Hall–Kier alpha value is -2.69. The van der Waals surface area contributed by atoms with Crippen molar-refractivity contribution in [3.63, 3.8) is 0 Å². The van der Waals surface area contributed by atoms with Gasteiger partial charge in [0.1, 0.15) is 6.04 Å². The fraction of sp³-hybridized carbons (Fsp3) is 0.409. The lowest BCUT2D eigenvalue weighted by Gasteiger charge is -2.31. The molecule has 1 heterocycles. The van der Waals surface area contributed by atoms with Gasteiger partial charge < -0.3 is 20.1 Å². The summed E-state index contributed by atoms with van der Waals surface area (Å²) < 4.78 is 12.3. The summed E-state index contributed by atoms with van der Waals surface area (Å²) in [5, 5.41) is 6.19. The first kappa shape index (κ1) is 17.7. The number of aryl methyl sites for hydroxylation is 1. The van der Waals surface area contributed by atoms with E-state index in [9.17, 15) is 4.79 Å². The highest BCUT2D eigenvalue weighted by Crippen LogP contribution is 2.46. The number of hydrogen-bond acceptors (Lipinski definition) is 4. The molecule has 5 nitrogen and oxygen atoms in total. The number of benzene rings is 2. The molecule has 1 spiro atoms. The molecule has 0 saturated heterocycles. The number of amides is 1. The lowest BCUT2D eigenvalue weighted by atomic mass is 9.94. The lowest BCUT2D eigenvalue weighted by Crippen LogP contribution is -2.40. The van der Waals surface area contributed by atoms with E-state index in [0.717, 1.165) is 54.1 Å². The molecule has 27 heavy (non-hydrogen) atoms. The van der Waals surface area contributed by atoms with Crippen LogP contribution in [0.3, 0.4) is 0 Å². The second-order valence-electron chi connectivity index (χ2n) is 7.56. The van der Waals surface area contributed by atoms with E-state index in [1.54, 1.807) is 0 Å². The normalized spacial score (nSPS) is 18.1. The minimum Gasteiger partial charge on any atom is -0.448 e. The second-order valence-corrected chi connectivity index (χ2v) is 7.56. The average molecular weight is 366 g/mol. The Bertz CT molecular complexity index is 843. The van der Waals surface area contributed by atoms with Crippen molar-refractivity contribution in [2.75, 3.05) is 10.6 Å². The Morgan fingerprint density at radius 3 is 2.56 bits per heavy atom. The number of anilines is 2. The van der Waals surface area contributed by atoms with E-state index in [1.807, 2.05) is 56.3 Å². The quantitative estimate of drug-likeness (QED) is 0.811. The van der Waals surface area contributed by atoms with Crippen LogP contribution in [0.4, 0.5) is 11.4 Å². The highest BCUT2D eigenvalue weighted by atomic mass is 16.7. The summed E-state index contributed by atoms with van der Waals surface area (Å²) in [7, 11) is 0.